The minimum Gasteiger partial charge on any atom is -0.376 e. The average molecular weight is 387 g/mol. The molecule has 2 N–H and O–H groups in total. The van der Waals surface area contributed by atoms with Gasteiger partial charge in [-0.2, -0.15) is 0 Å². The summed E-state index contributed by atoms with van der Waals surface area (Å²) in [6.07, 6.45) is 0.278. The van der Waals surface area contributed by atoms with Gasteiger partial charge in [-0.3, -0.25) is 9.89 Å². The zero-order valence-corrected chi connectivity index (χ0v) is 17.3. The molecule has 1 aromatic carbocycles. The second kappa shape index (κ2) is 9.88. The van der Waals surface area contributed by atoms with Crippen molar-refractivity contribution in [3.05, 3.63) is 57.8 Å². The van der Waals surface area contributed by atoms with Gasteiger partial charge >= 0.3 is 0 Å². The highest BCUT2D eigenvalue weighted by Crippen LogP contribution is 2.26. The van der Waals surface area contributed by atoms with Crippen molar-refractivity contribution in [3.8, 4) is 0 Å². The van der Waals surface area contributed by atoms with Gasteiger partial charge in [0.05, 0.1) is 18.8 Å². The van der Waals surface area contributed by atoms with Gasteiger partial charge in [0.2, 0.25) is 0 Å². The Kier molecular flexibility index (Phi) is 7.26. The van der Waals surface area contributed by atoms with Crippen LogP contribution in [0.1, 0.15) is 29.0 Å². The Morgan fingerprint density at radius 1 is 1.30 bits per heavy atom. The molecule has 6 heteroatoms. The molecule has 1 aromatic heterocycles. The molecule has 1 aliphatic heterocycles. The number of hydrogen-bond donors (Lipinski definition) is 2. The number of aryl methyl sites for hydroxylation is 1. The minimum absolute atomic E-state index is 0.278. The molecule has 5 nitrogen and oxygen atoms in total. The minimum atomic E-state index is 0.278. The van der Waals surface area contributed by atoms with E-state index in [2.05, 4.69) is 76.2 Å². The summed E-state index contributed by atoms with van der Waals surface area (Å²) in [6.45, 7) is 8.59. The summed E-state index contributed by atoms with van der Waals surface area (Å²) >= 11 is 1.81. The molecule has 2 unspecified atom stereocenters. The van der Waals surface area contributed by atoms with Crippen LogP contribution < -0.4 is 10.6 Å². The van der Waals surface area contributed by atoms with Gasteiger partial charge in [-0.05, 0) is 36.4 Å². The fraction of sp³-hybridized carbons (Fsp3) is 0.476. The van der Waals surface area contributed by atoms with Crippen LogP contribution in [0, 0.1) is 6.92 Å². The number of morpholine rings is 1. The predicted molar refractivity (Wildman–Crippen MR) is 113 cm³/mol. The largest absolute Gasteiger partial charge is 0.376 e. The Morgan fingerprint density at radius 2 is 2.15 bits per heavy atom. The second-order valence-electron chi connectivity index (χ2n) is 6.94. The van der Waals surface area contributed by atoms with E-state index in [1.54, 1.807) is 0 Å². The van der Waals surface area contributed by atoms with Crippen molar-refractivity contribution in [2.75, 3.05) is 33.3 Å². The number of ether oxygens (including phenoxy) is 1. The van der Waals surface area contributed by atoms with Crippen molar-refractivity contribution in [3.63, 3.8) is 0 Å². The van der Waals surface area contributed by atoms with E-state index < -0.39 is 0 Å². The molecule has 27 heavy (non-hydrogen) atoms. The Labute approximate surface area is 166 Å². The molecule has 146 valence electrons. The molecule has 0 spiro atoms. The summed E-state index contributed by atoms with van der Waals surface area (Å²) in [7, 11) is 1.82. The van der Waals surface area contributed by atoms with Crippen molar-refractivity contribution in [1.82, 2.24) is 15.5 Å². The van der Waals surface area contributed by atoms with Crippen LogP contribution in [0.15, 0.2) is 46.8 Å². The predicted octanol–water partition coefficient (Wildman–Crippen LogP) is 3.18. The SMILES string of the molecule is CN=C(NCc1ccccc1C)NCC(c1cccs1)N1CCOC(C)C1. The lowest BCUT2D eigenvalue weighted by atomic mass is 10.1. The Hall–Kier alpha value is -1.89. The summed E-state index contributed by atoms with van der Waals surface area (Å²) < 4.78 is 5.73. The smallest absolute Gasteiger partial charge is 0.191 e. The third kappa shape index (κ3) is 5.54. The molecule has 1 aliphatic rings. The number of nitrogens with one attached hydrogen (secondary N) is 2. The normalized spacial score (nSPS) is 19.7. The van der Waals surface area contributed by atoms with Crippen LogP contribution in [0.4, 0.5) is 0 Å². The first-order valence-electron chi connectivity index (χ1n) is 9.55. The molecule has 3 rings (SSSR count). The Balaban J connectivity index is 1.60. The molecule has 0 saturated carbocycles. The molecule has 0 aliphatic carbocycles. The number of aliphatic imine (C=N–C) groups is 1. The maximum Gasteiger partial charge on any atom is 0.191 e. The van der Waals surface area contributed by atoms with Crippen LogP contribution in [0.5, 0.6) is 0 Å². The molecule has 2 atom stereocenters. The van der Waals surface area contributed by atoms with E-state index in [-0.39, 0.29) is 6.10 Å². The molecule has 0 amide bonds. The van der Waals surface area contributed by atoms with Gasteiger partial charge < -0.3 is 15.4 Å². The topological polar surface area (TPSA) is 48.9 Å². The maximum absolute atomic E-state index is 5.73. The van der Waals surface area contributed by atoms with Gasteiger partial charge in [-0.25, -0.2) is 0 Å². The van der Waals surface area contributed by atoms with E-state index in [9.17, 15) is 0 Å². The van der Waals surface area contributed by atoms with Crippen LogP contribution in [-0.4, -0.2) is 50.3 Å². The second-order valence-corrected chi connectivity index (χ2v) is 7.92. The lowest BCUT2D eigenvalue weighted by Crippen LogP contribution is -2.48. The van der Waals surface area contributed by atoms with Crippen LogP contribution in [0.3, 0.4) is 0 Å². The van der Waals surface area contributed by atoms with Crippen LogP contribution >= 0.6 is 11.3 Å². The highest BCUT2D eigenvalue weighted by molar-refractivity contribution is 7.10. The third-order valence-corrected chi connectivity index (χ3v) is 5.95. The molecule has 1 fully saturated rings. The summed E-state index contributed by atoms with van der Waals surface area (Å²) in [6, 6.07) is 13.1. The van der Waals surface area contributed by atoms with Gasteiger partial charge in [-0.15, -0.1) is 11.3 Å². The van der Waals surface area contributed by atoms with Gasteiger partial charge in [0.25, 0.3) is 0 Å². The highest BCUT2D eigenvalue weighted by atomic mass is 32.1. The van der Waals surface area contributed by atoms with Crippen LogP contribution in [0.2, 0.25) is 0 Å². The van der Waals surface area contributed by atoms with Gasteiger partial charge in [0, 0.05) is 38.1 Å². The Bertz CT molecular complexity index is 732. The summed E-state index contributed by atoms with van der Waals surface area (Å²) in [4.78, 5) is 8.30. The lowest BCUT2D eigenvalue weighted by molar-refractivity contribution is -0.0334. The van der Waals surface area contributed by atoms with Gasteiger partial charge in [-0.1, -0.05) is 30.3 Å². The fourth-order valence-corrected chi connectivity index (χ4v) is 4.28. The monoisotopic (exact) mass is 386 g/mol. The van der Waals surface area contributed by atoms with Gasteiger partial charge in [0.15, 0.2) is 5.96 Å². The first-order valence-corrected chi connectivity index (χ1v) is 10.4. The molecular weight excluding hydrogens is 356 g/mol. The number of hydrogen-bond acceptors (Lipinski definition) is 4. The van der Waals surface area contributed by atoms with Crippen LogP contribution in [-0.2, 0) is 11.3 Å². The third-order valence-electron chi connectivity index (χ3n) is 4.98. The number of thiophene rings is 1. The molecular formula is C21H30N4OS. The van der Waals surface area contributed by atoms with E-state index >= 15 is 0 Å². The summed E-state index contributed by atoms with van der Waals surface area (Å²) in [5.41, 5.74) is 2.58. The number of benzene rings is 1. The average Bonchev–Trinajstić information content (AvgIpc) is 3.20. The summed E-state index contributed by atoms with van der Waals surface area (Å²) in [5.74, 6) is 0.834. The molecule has 2 aromatic rings. The van der Waals surface area contributed by atoms with E-state index in [1.807, 2.05) is 18.4 Å². The summed E-state index contributed by atoms with van der Waals surface area (Å²) in [5, 5.41) is 9.11. The van der Waals surface area contributed by atoms with Gasteiger partial charge in [0.1, 0.15) is 0 Å². The first-order chi connectivity index (χ1) is 13.2. The van der Waals surface area contributed by atoms with E-state index in [0.717, 1.165) is 38.7 Å². The van der Waals surface area contributed by atoms with Crippen molar-refractivity contribution in [1.29, 1.82) is 0 Å². The molecule has 0 radical (unpaired) electrons. The number of rotatable bonds is 6. The molecule has 1 saturated heterocycles. The molecule has 0 bridgehead atoms. The van der Waals surface area contributed by atoms with Crippen molar-refractivity contribution >= 4 is 17.3 Å². The highest BCUT2D eigenvalue weighted by Gasteiger charge is 2.26. The number of nitrogens with zero attached hydrogens (tertiary/aromatic N) is 2. The number of guanidine groups is 1. The van der Waals surface area contributed by atoms with E-state index in [4.69, 9.17) is 4.74 Å². The first kappa shape index (κ1) is 19.9. The molecule has 2 heterocycles. The van der Waals surface area contributed by atoms with Crippen LogP contribution in [0.25, 0.3) is 0 Å². The Morgan fingerprint density at radius 3 is 2.85 bits per heavy atom. The van der Waals surface area contributed by atoms with Crippen molar-refractivity contribution in [2.24, 2.45) is 4.99 Å². The lowest BCUT2D eigenvalue weighted by Gasteiger charge is -2.37. The van der Waals surface area contributed by atoms with E-state index in [1.165, 1.54) is 16.0 Å². The van der Waals surface area contributed by atoms with Crippen molar-refractivity contribution in [2.45, 2.75) is 32.5 Å². The zero-order chi connectivity index (χ0) is 19.1. The van der Waals surface area contributed by atoms with E-state index in [0.29, 0.717) is 6.04 Å². The quantitative estimate of drug-likeness (QED) is 0.591. The van der Waals surface area contributed by atoms with Crippen molar-refractivity contribution < 1.29 is 4.74 Å². The fourth-order valence-electron chi connectivity index (χ4n) is 3.42. The standard InChI is InChI=1S/C21H30N4OS/c1-16-7-4-5-8-18(16)13-23-21(22-3)24-14-19(20-9-6-12-27-20)25-10-11-26-17(2)15-25/h4-9,12,17,19H,10-11,13-15H2,1-3H3,(H2,22,23,24). The maximum atomic E-state index is 5.73. The zero-order valence-electron chi connectivity index (χ0n) is 16.4.